The maximum atomic E-state index is 12.0. The van der Waals surface area contributed by atoms with E-state index in [1.165, 1.54) is 0 Å². The molecule has 0 aliphatic carbocycles. The topological polar surface area (TPSA) is 60.1 Å². The third-order valence-corrected chi connectivity index (χ3v) is 3.64. The van der Waals surface area contributed by atoms with Crippen LogP contribution in [0.5, 0.6) is 0 Å². The smallest absolute Gasteiger partial charge is 0.220 e. The first-order valence-corrected chi connectivity index (χ1v) is 7.64. The molecule has 0 spiro atoms. The highest BCUT2D eigenvalue weighted by Crippen LogP contribution is 2.13. The fourth-order valence-corrected chi connectivity index (χ4v) is 2.39. The van der Waals surface area contributed by atoms with Crippen molar-refractivity contribution in [1.29, 1.82) is 0 Å². The molecule has 0 aliphatic rings. The Balaban J connectivity index is 1.52. The second-order valence-corrected chi connectivity index (χ2v) is 5.43. The molecule has 23 heavy (non-hydrogen) atoms. The standard InChI is InChI=1S/C18H19N3O2/c1-14(17-8-5-11-23-17)20-18(22)10-9-15-12-19-21(13-15)16-6-3-2-4-7-16/h2-8,11-14H,9-10H2,1H3,(H,20,22). The van der Waals surface area contributed by atoms with Gasteiger partial charge in [0.2, 0.25) is 5.91 Å². The van der Waals surface area contributed by atoms with Gasteiger partial charge in [0.25, 0.3) is 0 Å². The number of nitrogens with zero attached hydrogens (tertiary/aromatic N) is 2. The number of hydrogen-bond acceptors (Lipinski definition) is 3. The second kappa shape index (κ2) is 6.96. The Labute approximate surface area is 134 Å². The maximum absolute atomic E-state index is 12.0. The quantitative estimate of drug-likeness (QED) is 0.760. The van der Waals surface area contributed by atoms with Crippen LogP contribution in [0.4, 0.5) is 0 Å². The van der Waals surface area contributed by atoms with E-state index >= 15 is 0 Å². The van der Waals surface area contributed by atoms with Gasteiger partial charge in [-0.1, -0.05) is 18.2 Å². The Morgan fingerprint density at radius 2 is 2.09 bits per heavy atom. The van der Waals surface area contributed by atoms with E-state index in [1.54, 1.807) is 12.5 Å². The highest BCUT2D eigenvalue weighted by atomic mass is 16.3. The zero-order valence-electron chi connectivity index (χ0n) is 13.0. The number of carbonyl (C=O) groups excluding carboxylic acids is 1. The van der Waals surface area contributed by atoms with E-state index < -0.39 is 0 Å². The van der Waals surface area contributed by atoms with E-state index in [0.717, 1.165) is 17.0 Å². The molecule has 2 aromatic heterocycles. The van der Waals surface area contributed by atoms with Gasteiger partial charge in [0.15, 0.2) is 0 Å². The first kappa shape index (κ1) is 15.1. The van der Waals surface area contributed by atoms with Gasteiger partial charge in [0.05, 0.1) is 24.2 Å². The lowest BCUT2D eigenvalue weighted by molar-refractivity contribution is -0.121. The largest absolute Gasteiger partial charge is 0.467 e. The normalized spacial score (nSPS) is 12.0. The van der Waals surface area contributed by atoms with Crippen LogP contribution in [0.2, 0.25) is 0 Å². The lowest BCUT2D eigenvalue weighted by Gasteiger charge is -2.10. The predicted octanol–water partition coefficient (Wildman–Crippen LogP) is 3.28. The number of furan rings is 1. The van der Waals surface area contributed by atoms with Crippen LogP contribution in [0.15, 0.2) is 65.5 Å². The average molecular weight is 309 g/mol. The number of rotatable bonds is 6. The summed E-state index contributed by atoms with van der Waals surface area (Å²) in [6.45, 7) is 1.91. The molecule has 0 aliphatic heterocycles. The Morgan fingerprint density at radius 1 is 1.26 bits per heavy atom. The van der Waals surface area contributed by atoms with Crippen molar-refractivity contribution in [3.8, 4) is 5.69 Å². The van der Waals surface area contributed by atoms with E-state index in [0.29, 0.717) is 12.8 Å². The molecule has 5 nitrogen and oxygen atoms in total. The van der Waals surface area contributed by atoms with Crippen molar-refractivity contribution in [2.45, 2.75) is 25.8 Å². The molecular weight excluding hydrogens is 290 g/mol. The summed E-state index contributed by atoms with van der Waals surface area (Å²) in [6, 6.07) is 13.5. The Kier molecular flexibility index (Phi) is 4.57. The summed E-state index contributed by atoms with van der Waals surface area (Å²) in [4.78, 5) is 12.0. The third-order valence-electron chi connectivity index (χ3n) is 3.64. The summed E-state index contributed by atoms with van der Waals surface area (Å²) < 4.78 is 7.10. The number of carbonyl (C=O) groups is 1. The average Bonchev–Trinajstić information content (AvgIpc) is 3.25. The van der Waals surface area contributed by atoms with Crippen LogP contribution in [-0.2, 0) is 11.2 Å². The van der Waals surface area contributed by atoms with E-state index in [-0.39, 0.29) is 11.9 Å². The number of hydrogen-bond donors (Lipinski definition) is 1. The van der Waals surface area contributed by atoms with Gasteiger partial charge in [-0.05, 0) is 43.2 Å². The molecule has 0 radical (unpaired) electrons. The fraction of sp³-hybridized carbons (Fsp3) is 0.222. The molecule has 0 fully saturated rings. The van der Waals surface area contributed by atoms with Gasteiger partial charge in [0, 0.05) is 12.6 Å². The predicted molar refractivity (Wildman–Crippen MR) is 87.2 cm³/mol. The molecule has 1 aromatic carbocycles. The number of para-hydroxylation sites is 1. The summed E-state index contributed by atoms with van der Waals surface area (Å²) >= 11 is 0. The molecule has 1 amide bonds. The molecule has 0 saturated carbocycles. The van der Waals surface area contributed by atoms with Gasteiger partial charge >= 0.3 is 0 Å². The molecule has 3 rings (SSSR count). The minimum absolute atomic E-state index is 0.00126. The summed E-state index contributed by atoms with van der Waals surface area (Å²) in [6.07, 6.45) is 6.44. The van der Waals surface area contributed by atoms with Crippen LogP contribution in [0.25, 0.3) is 5.69 Å². The molecule has 5 heteroatoms. The Bertz CT molecular complexity index is 748. The monoisotopic (exact) mass is 309 g/mol. The van der Waals surface area contributed by atoms with E-state index in [2.05, 4.69) is 10.4 Å². The van der Waals surface area contributed by atoms with Crippen molar-refractivity contribution in [2.24, 2.45) is 0 Å². The van der Waals surface area contributed by atoms with Gasteiger partial charge in [-0.25, -0.2) is 4.68 Å². The SMILES string of the molecule is CC(NC(=O)CCc1cnn(-c2ccccc2)c1)c1ccco1. The van der Waals surface area contributed by atoms with Crippen LogP contribution < -0.4 is 5.32 Å². The molecule has 1 N–H and O–H groups in total. The minimum Gasteiger partial charge on any atom is -0.467 e. The minimum atomic E-state index is -0.121. The van der Waals surface area contributed by atoms with Gasteiger partial charge in [0.1, 0.15) is 5.76 Å². The first-order chi connectivity index (χ1) is 11.2. The number of nitrogens with one attached hydrogen (secondary N) is 1. The Hall–Kier alpha value is -2.82. The van der Waals surface area contributed by atoms with Crippen molar-refractivity contribution in [2.75, 3.05) is 0 Å². The van der Waals surface area contributed by atoms with E-state index in [1.807, 2.05) is 60.3 Å². The van der Waals surface area contributed by atoms with Crippen molar-refractivity contribution in [3.63, 3.8) is 0 Å². The van der Waals surface area contributed by atoms with Gasteiger partial charge in [-0.2, -0.15) is 5.10 Å². The molecule has 118 valence electrons. The van der Waals surface area contributed by atoms with Gasteiger partial charge < -0.3 is 9.73 Å². The molecule has 2 heterocycles. The zero-order valence-corrected chi connectivity index (χ0v) is 13.0. The molecule has 3 aromatic rings. The van der Waals surface area contributed by atoms with Crippen LogP contribution >= 0.6 is 0 Å². The highest BCUT2D eigenvalue weighted by Gasteiger charge is 2.12. The van der Waals surface area contributed by atoms with Crippen molar-refractivity contribution >= 4 is 5.91 Å². The maximum Gasteiger partial charge on any atom is 0.220 e. The summed E-state index contributed by atoms with van der Waals surface area (Å²) in [5, 5.41) is 7.27. The Morgan fingerprint density at radius 3 is 2.83 bits per heavy atom. The van der Waals surface area contributed by atoms with Gasteiger partial charge in [-0.3, -0.25) is 4.79 Å². The third kappa shape index (κ3) is 3.88. The van der Waals surface area contributed by atoms with E-state index in [4.69, 9.17) is 4.42 Å². The first-order valence-electron chi connectivity index (χ1n) is 7.64. The second-order valence-electron chi connectivity index (χ2n) is 5.43. The molecule has 1 unspecified atom stereocenters. The van der Waals surface area contributed by atoms with Crippen molar-refractivity contribution in [3.05, 3.63) is 72.4 Å². The lowest BCUT2D eigenvalue weighted by atomic mass is 10.2. The van der Waals surface area contributed by atoms with Gasteiger partial charge in [-0.15, -0.1) is 0 Å². The van der Waals surface area contributed by atoms with Crippen molar-refractivity contribution in [1.82, 2.24) is 15.1 Å². The molecule has 0 bridgehead atoms. The number of benzene rings is 1. The molecule has 0 saturated heterocycles. The summed E-state index contributed by atoms with van der Waals surface area (Å²) in [5.41, 5.74) is 2.05. The zero-order chi connectivity index (χ0) is 16.1. The van der Waals surface area contributed by atoms with Crippen LogP contribution in [0.1, 0.15) is 30.7 Å². The number of aryl methyl sites for hydroxylation is 1. The fourth-order valence-electron chi connectivity index (χ4n) is 2.39. The number of amides is 1. The molecular formula is C18H19N3O2. The summed E-state index contributed by atoms with van der Waals surface area (Å²) in [7, 11) is 0. The highest BCUT2D eigenvalue weighted by molar-refractivity contribution is 5.76. The van der Waals surface area contributed by atoms with Crippen molar-refractivity contribution < 1.29 is 9.21 Å². The van der Waals surface area contributed by atoms with E-state index in [9.17, 15) is 4.79 Å². The summed E-state index contributed by atoms with van der Waals surface area (Å²) in [5.74, 6) is 0.761. The van der Waals surface area contributed by atoms with Crippen LogP contribution in [-0.4, -0.2) is 15.7 Å². The number of aromatic nitrogens is 2. The lowest BCUT2D eigenvalue weighted by Crippen LogP contribution is -2.26. The van der Waals surface area contributed by atoms with Crippen LogP contribution in [0, 0.1) is 0 Å². The van der Waals surface area contributed by atoms with Crippen LogP contribution in [0.3, 0.4) is 0 Å². The molecule has 1 atom stereocenters.